The highest BCUT2D eigenvalue weighted by Crippen LogP contribution is 2.42. The van der Waals surface area contributed by atoms with Crippen LogP contribution in [-0.2, 0) is 29.5 Å². The topological polar surface area (TPSA) is 72.9 Å². The van der Waals surface area contributed by atoms with Crippen molar-refractivity contribution in [1.29, 1.82) is 0 Å². The summed E-state index contributed by atoms with van der Waals surface area (Å²) in [5, 5.41) is -0.171. The van der Waals surface area contributed by atoms with E-state index >= 15 is 0 Å². The number of amides is 1. The predicted molar refractivity (Wildman–Crippen MR) is 84.6 cm³/mol. The molecule has 6 nitrogen and oxygen atoms in total. The zero-order chi connectivity index (χ0) is 18.4. The van der Waals surface area contributed by atoms with Gasteiger partial charge in [-0.3, -0.25) is 19.3 Å². The summed E-state index contributed by atoms with van der Waals surface area (Å²) in [6, 6.07) is 3.75. The van der Waals surface area contributed by atoms with E-state index < -0.39 is 23.2 Å². The smallest absolute Gasteiger partial charge is 0.308 e. The third kappa shape index (κ3) is 2.89. The van der Waals surface area contributed by atoms with Crippen molar-refractivity contribution >= 4 is 29.3 Å². The number of benzene rings is 1. The molecule has 0 spiro atoms. The lowest BCUT2D eigenvalue weighted by Gasteiger charge is -2.26. The molecule has 0 aromatic heterocycles. The van der Waals surface area contributed by atoms with Crippen molar-refractivity contribution in [3.05, 3.63) is 46.2 Å². The van der Waals surface area contributed by atoms with Gasteiger partial charge in [-0.25, -0.2) is 4.39 Å². The third-order valence-corrected chi connectivity index (χ3v) is 4.46. The number of ketones is 1. The molecule has 1 aromatic rings. The van der Waals surface area contributed by atoms with Crippen LogP contribution in [0.25, 0.3) is 0 Å². The number of carbonyl (C=O) groups excluding carboxylic acids is 3. The Balaban J connectivity index is 2.05. The van der Waals surface area contributed by atoms with E-state index in [2.05, 4.69) is 0 Å². The van der Waals surface area contributed by atoms with Gasteiger partial charge >= 0.3 is 5.97 Å². The first-order chi connectivity index (χ1) is 11.7. The largest absolute Gasteiger partial charge is 0.456 e. The number of rotatable bonds is 3. The summed E-state index contributed by atoms with van der Waals surface area (Å²) in [7, 11) is 0. The second kappa shape index (κ2) is 6.15. The molecule has 0 aliphatic carbocycles. The molecule has 2 heterocycles. The maximum absolute atomic E-state index is 13.4. The Kier molecular flexibility index (Phi) is 4.28. The summed E-state index contributed by atoms with van der Waals surface area (Å²) < 4.78 is 24.3. The van der Waals surface area contributed by atoms with Gasteiger partial charge in [0.15, 0.2) is 5.60 Å². The number of hydrogen-bond donors (Lipinski definition) is 0. The molecule has 3 rings (SSSR count). The lowest BCUT2D eigenvalue weighted by molar-refractivity contribution is -0.142. The lowest BCUT2D eigenvalue weighted by Crippen LogP contribution is -2.32. The Labute approximate surface area is 148 Å². The van der Waals surface area contributed by atoms with Gasteiger partial charge < -0.3 is 9.47 Å². The summed E-state index contributed by atoms with van der Waals surface area (Å²) in [5.41, 5.74) is -1.30. The van der Waals surface area contributed by atoms with Crippen LogP contribution >= 0.6 is 11.6 Å². The molecule has 1 atom stereocenters. The lowest BCUT2D eigenvalue weighted by atomic mass is 9.91. The fourth-order valence-corrected chi connectivity index (χ4v) is 3.04. The number of nitrogens with zero attached hydrogens (tertiary/aromatic N) is 1. The third-order valence-electron chi connectivity index (χ3n) is 4.17. The summed E-state index contributed by atoms with van der Waals surface area (Å²) in [6.45, 7) is 2.95. The van der Waals surface area contributed by atoms with Crippen LogP contribution in [0.4, 0.5) is 4.39 Å². The Hall–Kier alpha value is -2.41. The van der Waals surface area contributed by atoms with Crippen molar-refractivity contribution < 1.29 is 28.2 Å². The number of hydrogen-bond acceptors (Lipinski definition) is 5. The molecule has 2 aliphatic heterocycles. The van der Waals surface area contributed by atoms with Crippen LogP contribution in [0.2, 0.25) is 5.02 Å². The molecule has 1 aromatic carbocycles. The van der Waals surface area contributed by atoms with E-state index in [1.165, 1.54) is 24.0 Å². The van der Waals surface area contributed by atoms with E-state index in [0.717, 1.165) is 13.0 Å². The van der Waals surface area contributed by atoms with Gasteiger partial charge in [-0.1, -0.05) is 17.7 Å². The number of halogens is 2. The molecule has 0 saturated carbocycles. The van der Waals surface area contributed by atoms with Gasteiger partial charge in [-0.2, -0.15) is 0 Å². The van der Waals surface area contributed by atoms with Gasteiger partial charge in [0.1, 0.15) is 5.82 Å². The zero-order valence-corrected chi connectivity index (χ0v) is 14.4. The molecular formula is C17H15ClFNO5. The number of Topliss-reactive ketones (excluding diaryl/α,β-unsaturated/α-hetero) is 1. The minimum atomic E-state index is -1.58. The van der Waals surface area contributed by atoms with E-state index in [-0.39, 0.29) is 28.1 Å². The van der Waals surface area contributed by atoms with E-state index in [0.29, 0.717) is 19.4 Å². The van der Waals surface area contributed by atoms with E-state index in [1.807, 2.05) is 0 Å². The fraction of sp³-hybridized carbons (Fsp3) is 0.353. The van der Waals surface area contributed by atoms with Crippen molar-refractivity contribution in [2.75, 3.05) is 6.54 Å². The number of carbonyl (C=O) groups is 3. The van der Waals surface area contributed by atoms with Gasteiger partial charge in [0, 0.05) is 25.5 Å². The monoisotopic (exact) mass is 367 g/mol. The maximum Gasteiger partial charge on any atom is 0.308 e. The molecular weight excluding hydrogens is 353 g/mol. The number of ether oxygens (including phenoxy) is 2. The normalized spacial score (nSPS) is 23.3. The van der Waals surface area contributed by atoms with Crippen LogP contribution in [-0.4, -0.2) is 29.1 Å². The Morgan fingerprint density at radius 3 is 2.68 bits per heavy atom. The molecule has 0 N–H and O–H groups in total. The first-order valence-corrected chi connectivity index (χ1v) is 8.04. The molecule has 8 heteroatoms. The molecule has 1 saturated heterocycles. The van der Waals surface area contributed by atoms with Crippen LogP contribution in [0.3, 0.4) is 0 Å². The minimum Gasteiger partial charge on any atom is -0.456 e. The second-order valence-corrected chi connectivity index (χ2v) is 6.38. The molecule has 25 heavy (non-hydrogen) atoms. The first kappa shape index (κ1) is 17.4. The Morgan fingerprint density at radius 2 is 2.12 bits per heavy atom. The number of esters is 1. The molecule has 0 radical (unpaired) electrons. The van der Waals surface area contributed by atoms with Gasteiger partial charge in [-0.15, -0.1) is 0 Å². The summed E-state index contributed by atoms with van der Waals surface area (Å²) in [5.74, 6) is -2.63. The Morgan fingerprint density at radius 1 is 1.40 bits per heavy atom. The first-order valence-electron chi connectivity index (χ1n) is 7.66. The quantitative estimate of drug-likeness (QED) is 0.768. The molecule has 1 amide bonds. The van der Waals surface area contributed by atoms with Crippen LogP contribution in [0, 0.1) is 5.82 Å². The van der Waals surface area contributed by atoms with Crippen LogP contribution < -0.4 is 0 Å². The standard InChI is InChI=1S/C17H15ClFNO5/c1-9(21)24-14-15(23)17(2,10-5-6-12(19)11(18)8-10)25-16(14)20-7-3-4-13(20)22/h5-6,8H,3-4,7H2,1-2H3. The van der Waals surface area contributed by atoms with Crippen molar-refractivity contribution in [1.82, 2.24) is 4.90 Å². The zero-order valence-electron chi connectivity index (χ0n) is 13.6. The summed E-state index contributed by atoms with van der Waals surface area (Å²) >= 11 is 5.80. The van der Waals surface area contributed by atoms with Crippen LogP contribution in [0.5, 0.6) is 0 Å². The van der Waals surface area contributed by atoms with Crippen LogP contribution in [0.1, 0.15) is 32.3 Å². The van der Waals surface area contributed by atoms with Gasteiger partial charge in [0.25, 0.3) is 5.78 Å². The molecule has 132 valence electrons. The van der Waals surface area contributed by atoms with Crippen molar-refractivity contribution in [2.24, 2.45) is 0 Å². The van der Waals surface area contributed by atoms with Gasteiger partial charge in [0.05, 0.1) is 5.02 Å². The maximum atomic E-state index is 13.4. The average Bonchev–Trinajstić information content (AvgIpc) is 3.07. The van der Waals surface area contributed by atoms with Crippen LogP contribution in [0.15, 0.2) is 29.8 Å². The van der Waals surface area contributed by atoms with Gasteiger partial charge in [0.2, 0.25) is 17.5 Å². The predicted octanol–water partition coefficient (Wildman–Crippen LogP) is 2.65. The molecule has 0 bridgehead atoms. The van der Waals surface area contributed by atoms with E-state index in [1.54, 1.807) is 0 Å². The van der Waals surface area contributed by atoms with E-state index in [9.17, 15) is 18.8 Å². The van der Waals surface area contributed by atoms with Crippen molar-refractivity contribution in [2.45, 2.75) is 32.3 Å². The summed E-state index contributed by atoms with van der Waals surface area (Å²) in [6.07, 6.45) is 0.916. The second-order valence-electron chi connectivity index (χ2n) is 5.97. The molecule has 1 unspecified atom stereocenters. The van der Waals surface area contributed by atoms with Crippen molar-refractivity contribution in [3.63, 3.8) is 0 Å². The molecule has 1 fully saturated rings. The van der Waals surface area contributed by atoms with Gasteiger partial charge in [-0.05, 0) is 25.5 Å². The van der Waals surface area contributed by atoms with Crippen molar-refractivity contribution in [3.8, 4) is 0 Å². The SMILES string of the molecule is CC(=O)OC1=C(N2CCCC2=O)OC(C)(c2ccc(F)c(Cl)c2)C1=O. The number of likely N-dealkylation sites (tertiary alicyclic amines) is 1. The highest BCUT2D eigenvalue weighted by atomic mass is 35.5. The average molecular weight is 368 g/mol. The molecule has 2 aliphatic rings. The highest BCUT2D eigenvalue weighted by molar-refractivity contribution is 6.30. The van der Waals surface area contributed by atoms with E-state index in [4.69, 9.17) is 21.1 Å². The highest BCUT2D eigenvalue weighted by Gasteiger charge is 2.52. The fourth-order valence-electron chi connectivity index (χ4n) is 2.86. The minimum absolute atomic E-state index is 0.0920. The Bertz CT molecular complexity index is 821. The summed E-state index contributed by atoms with van der Waals surface area (Å²) in [4.78, 5) is 37.6.